The van der Waals surface area contributed by atoms with Crippen molar-refractivity contribution in [2.45, 2.75) is 37.1 Å². The van der Waals surface area contributed by atoms with Gasteiger partial charge in [0.1, 0.15) is 0 Å². The van der Waals surface area contributed by atoms with Crippen LogP contribution in [0.25, 0.3) is 16.6 Å². The van der Waals surface area contributed by atoms with Crippen LogP contribution in [0.4, 0.5) is 0 Å². The zero-order valence-electron chi connectivity index (χ0n) is 17.7. The van der Waals surface area contributed by atoms with Crippen molar-refractivity contribution in [3.8, 4) is 5.69 Å². The fraction of sp³-hybridized carbons (Fsp3) is 0.240. The van der Waals surface area contributed by atoms with Gasteiger partial charge in [-0.1, -0.05) is 49.4 Å². The molecule has 0 fully saturated rings. The summed E-state index contributed by atoms with van der Waals surface area (Å²) in [4.78, 5) is 30.1. The van der Waals surface area contributed by atoms with E-state index >= 15 is 0 Å². The molecule has 0 aliphatic carbocycles. The van der Waals surface area contributed by atoms with E-state index in [0.717, 1.165) is 30.5 Å². The van der Waals surface area contributed by atoms with Crippen molar-refractivity contribution in [1.29, 1.82) is 0 Å². The van der Waals surface area contributed by atoms with Gasteiger partial charge in [0, 0.05) is 25.1 Å². The number of hydrogen-bond donors (Lipinski definition) is 0. The highest BCUT2D eigenvalue weighted by Gasteiger charge is 2.14. The standard InChI is InChI=1S/C25H25N3O2S/c1-3-4-7-18-10-12-20(13-11-18)28-24(30)21-8-5-6-9-22(21)26-25(28)31-17-19-14-15-27(2)23(29)16-19/h5-6,8-16H,3-4,7,17H2,1-2H3. The van der Waals surface area contributed by atoms with E-state index in [-0.39, 0.29) is 11.1 Å². The fourth-order valence-electron chi connectivity index (χ4n) is 3.46. The lowest BCUT2D eigenvalue weighted by molar-refractivity contribution is 0.791. The maximum Gasteiger partial charge on any atom is 0.266 e. The Morgan fingerprint density at radius 1 is 0.968 bits per heavy atom. The van der Waals surface area contributed by atoms with Crippen LogP contribution in [0.1, 0.15) is 30.9 Å². The van der Waals surface area contributed by atoms with Gasteiger partial charge in [-0.25, -0.2) is 4.98 Å². The summed E-state index contributed by atoms with van der Waals surface area (Å²) in [6.45, 7) is 2.18. The number of aryl methyl sites for hydroxylation is 2. The molecule has 0 radical (unpaired) electrons. The molecule has 2 aromatic carbocycles. The number of fused-ring (bicyclic) bond motifs is 1. The normalized spacial score (nSPS) is 11.2. The van der Waals surface area contributed by atoms with Gasteiger partial charge in [-0.15, -0.1) is 0 Å². The first-order chi connectivity index (χ1) is 15.1. The van der Waals surface area contributed by atoms with Gasteiger partial charge in [-0.2, -0.15) is 0 Å². The van der Waals surface area contributed by atoms with E-state index in [1.54, 1.807) is 28.4 Å². The second-order valence-corrected chi connectivity index (χ2v) is 8.54. The number of para-hydroxylation sites is 1. The van der Waals surface area contributed by atoms with Crippen molar-refractivity contribution in [3.05, 3.63) is 98.7 Å². The maximum atomic E-state index is 13.4. The molecule has 31 heavy (non-hydrogen) atoms. The summed E-state index contributed by atoms with van der Waals surface area (Å²) in [5.41, 5.74) is 3.51. The molecule has 0 aliphatic rings. The summed E-state index contributed by atoms with van der Waals surface area (Å²) in [5, 5.41) is 1.21. The van der Waals surface area contributed by atoms with Gasteiger partial charge in [0.2, 0.25) is 0 Å². The van der Waals surface area contributed by atoms with E-state index in [4.69, 9.17) is 4.98 Å². The first-order valence-electron chi connectivity index (χ1n) is 10.5. The Balaban J connectivity index is 1.75. The highest BCUT2D eigenvalue weighted by molar-refractivity contribution is 7.98. The first-order valence-corrected chi connectivity index (χ1v) is 11.4. The second kappa shape index (κ2) is 9.35. The van der Waals surface area contributed by atoms with Crippen LogP contribution in [0.5, 0.6) is 0 Å². The lowest BCUT2D eigenvalue weighted by Crippen LogP contribution is -2.22. The quantitative estimate of drug-likeness (QED) is 0.314. The Labute approximate surface area is 185 Å². The molecule has 2 aromatic heterocycles. The summed E-state index contributed by atoms with van der Waals surface area (Å²) >= 11 is 1.46. The van der Waals surface area contributed by atoms with Gasteiger partial charge in [0.05, 0.1) is 16.6 Å². The Hall–Kier alpha value is -3.12. The highest BCUT2D eigenvalue weighted by Crippen LogP contribution is 2.24. The molecular formula is C25H25N3O2S. The van der Waals surface area contributed by atoms with Gasteiger partial charge >= 0.3 is 0 Å². The van der Waals surface area contributed by atoms with Crippen molar-refractivity contribution in [1.82, 2.24) is 14.1 Å². The van der Waals surface area contributed by atoms with Crippen molar-refractivity contribution in [3.63, 3.8) is 0 Å². The van der Waals surface area contributed by atoms with Gasteiger partial charge < -0.3 is 4.57 Å². The number of unbranched alkanes of at least 4 members (excludes halogenated alkanes) is 1. The summed E-state index contributed by atoms with van der Waals surface area (Å²) in [6, 6.07) is 19.1. The molecule has 0 aliphatic heterocycles. The molecule has 4 aromatic rings. The van der Waals surface area contributed by atoms with Crippen LogP contribution in [0.2, 0.25) is 0 Å². The monoisotopic (exact) mass is 431 g/mol. The zero-order chi connectivity index (χ0) is 21.8. The Morgan fingerprint density at radius 2 is 1.74 bits per heavy atom. The molecule has 0 saturated heterocycles. The van der Waals surface area contributed by atoms with Crippen LogP contribution >= 0.6 is 11.8 Å². The van der Waals surface area contributed by atoms with Crippen LogP contribution in [-0.2, 0) is 19.2 Å². The Kier molecular flexibility index (Phi) is 6.37. The largest absolute Gasteiger partial charge is 0.319 e. The van der Waals surface area contributed by atoms with Crippen LogP contribution in [0, 0.1) is 0 Å². The number of benzene rings is 2. The van der Waals surface area contributed by atoms with Gasteiger partial charge in [0.15, 0.2) is 5.16 Å². The SMILES string of the molecule is CCCCc1ccc(-n2c(SCc3ccn(C)c(=O)c3)nc3ccccc3c2=O)cc1. The van der Waals surface area contributed by atoms with Gasteiger partial charge in [0.25, 0.3) is 11.1 Å². The second-order valence-electron chi connectivity index (χ2n) is 7.59. The number of aromatic nitrogens is 3. The van der Waals surface area contributed by atoms with E-state index in [2.05, 4.69) is 19.1 Å². The average Bonchev–Trinajstić information content (AvgIpc) is 2.79. The predicted octanol–water partition coefficient (Wildman–Crippen LogP) is 4.72. The molecule has 0 unspecified atom stereocenters. The summed E-state index contributed by atoms with van der Waals surface area (Å²) < 4.78 is 3.22. The Bertz CT molecular complexity index is 1320. The van der Waals surface area contributed by atoms with Gasteiger partial charge in [-0.3, -0.25) is 14.2 Å². The number of rotatable bonds is 7. The third-order valence-electron chi connectivity index (χ3n) is 5.30. The average molecular weight is 432 g/mol. The molecule has 0 bridgehead atoms. The number of hydrogen-bond acceptors (Lipinski definition) is 4. The number of pyridine rings is 1. The highest BCUT2D eigenvalue weighted by atomic mass is 32.2. The van der Waals surface area contributed by atoms with Crippen LogP contribution in [0.3, 0.4) is 0 Å². The first kappa shape index (κ1) is 21.1. The molecule has 4 rings (SSSR count). The zero-order valence-corrected chi connectivity index (χ0v) is 18.6. The molecule has 0 amide bonds. The predicted molar refractivity (Wildman–Crippen MR) is 127 cm³/mol. The van der Waals surface area contributed by atoms with E-state index in [9.17, 15) is 9.59 Å². The summed E-state index contributed by atoms with van der Waals surface area (Å²) in [7, 11) is 1.73. The third kappa shape index (κ3) is 4.64. The summed E-state index contributed by atoms with van der Waals surface area (Å²) in [6.07, 6.45) is 5.09. The van der Waals surface area contributed by atoms with Crippen LogP contribution in [0.15, 0.2) is 81.6 Å². The topological polar surface area (TPSA) is 56.9 Å². The lowest BCUT2D eigenvalue weighted by Gasteiger charge is -2.14. The minimum Gasteiger partial charge on any atom is -0.319 e. The molecule has 0 N–H and O–H groups in total. The van der Waals surface area contributed by atoms with Crippen molar-refractivity contribution < 1.29 is 0 Å². The van der Waals surface area contributed by atoms with E-state index in [1.807, 2.05) is 42.5 Å². The number of nitrogens with zero attached hydrogens (tertiary/aromatic N) is 3. The van der Waals surface area contributed by atoms with Crippen LogP contribution in [-0.4, -0.2) is 14.1 Å². The van der Waals surface area contributed by atoms with Crippen molar-refractivity contribution in [2.75, 3.05) is 0 Å². The van der Waals surface area contributed by atoms with Crippen LogP contribution < -0.4 is 11.1 Å². The summed E-state index contributed by atoms with van der Waals surface area (Å²) in [5.74, 6) is 0.551. The molecule has 158 valence electrons. The third-order valence-corrected chi connectivity index (χ3v) is 6.30. The molecule has 0 spiro atoms. The Morgan fingerprint density at radius 3 is 2.48 bits per heavy atom. The fourth-order valence-corrected chi connectivity index (χ4v) is 4.41. The molecule has 5 nitrogen and oxygen atoms in total. The molecule has 2 heterocycles. The number of thioether (sulfide) groups is 1. The van der Waals surface area contributed by atoms with Gasteiger partial charge in [-0.05, 0) is 54.3 Å². The lowest BCUT2D eigenvalue weighted by atomic mass is 10.1. The molecule has 6 heteroatoms. The minimum absolute atomic E-state index is 0.0513. The maximum absolute atomic E-state index is 13.4. The van der Waals surface area contributed by atoms with E-state index < -0.39 is 0 Å². The van der Waals surface area contributed by atoms with Crippen molar-refractivity contribution in [2.24, 2.45) is 7.05 Å². The van der Waals surface area contributed by atoms with E-state index in [0.29, 0.717) is 21.8 Å². The van der Waals surface area contributed by atoms with E-state index in [1.165, 1.54) is 17.3 Å². The smallest absolute Gasteiger partial charge is 0.266 e. The molecule has 0 saturated carbocycles. The molecule has 0 atom stereocenters. The minimum atomic E-state index is -0.0848. The molecular weight excluding hydrogens is 406 g/mol. The van der Waals surface area contributed by atoms with Crippen molar-refractivity contribution >= 4 is 22.7 Å².